The predicted molar refractivity (Wildman–Crippen MR) is 105 cm³/mol. The van der Waals surface area contributed by atoms with E-state index in [1.807, 2.05) is 66.7 Å². The molecule has 3 aromatic rings. The zero-order chi connectivity index (χ0) is 17.9. The molecule has 8 heteroatoms. The molecule has 0 saturated carbocycles. The van der Waals surface area contributed by atoms with Crippen LogP contribution in [0.3, 0.4) is 0 Å². The van der Waals surface area contributed by atoms with Crippen LogP contribution in [0.5, 0.6) is 0 Å². The second-order valence-electron chi connectivity index (χ2n) is 6.62. The van der Waals surface area contributed by atoms with Crippen LogP contribution in [0.1, 0.15) is 17.2 Å². The van der Waals surface area contributed by atoms with Gasteiger partial charge in [0.2, 0.25) is 5.91 Å². The van der Waals surface area contributed by atoms with Gasteiger partial charge in [-0.05, 0) is 23.8 Å². The highest BCUT2D eigenvalue weighted by Crippen LogP contribution is 2.27. The third-order valence-corrected chi connectivity index (χ3v) is 4.81. The smallest absolute Gasteiger partial charge is 0.225 e. The molecule has 0 bridgehead atoms. The van der Waals surface area contributed by atoms with E-state index in [1.165, 1.54) is 0 Å². The van der Waals surface area contributed by atoms with Crippen LogP contribution in [0.25, 0.3) is 5.69 Å². The quantitative estimate of drug-likeness (QED) is 0.699. The minimum absolute atomic E-state index is 0. The van der Waals surface area contributed by atoms with Crippen molar-refractivity contribution in [3.8, 4) is 5.69 Å². The van der Waals surface area contributed by atoms with Gasteiger partial charge in [0.1, 0.15) is 0 Å². The molecule has 3 heterocycles. The van der Waals surface area contributed by atoms with Crippen molar-refractivity contribution in [2.24, 2.45) is 13.0 Å². The highest BCUT2D eigenvalue weighted by Gasteiger charge is 2.34. The highest BCUT2D eigenvalue weighted by molar-refractivity contribution is 5.85. The van der Waals surface area contributed by atoms with Crippen molar-refractivity contribution in [3.63, 3.8) is 0 Å². The lowest BCUT2D eigenvalue weighted by Crippen LogP contribution is -2.34. The molecule has 1 aliphatic heterocycles. The molecule has 1 saturated heterocycles. The van der Waals surface area contributed by atoms with Crippen LogP contribution in [0, 0.1) is 5.92 Å². The van der Waals surface area contributed by atoms with E-state index in [4.69, 9.17) is 0 Å². The maximum absolute atomic E-state index is 12.7. The molecule has 0 radical (unpaired) electrons. The number of nitrogens with one attached hydrogen (secondary N) is 2. The Hall–Kier alpha value is -2.64. The number of carbonyl (C=O) groups is 1. The first kappa shape index (κ1) is 19.1. The molecule has 1 fully saturated rings. The van der Waals surface area contributed by atoms with Crippen molar-refractivity contribution >= 4 is 18.3 Å². The zero-order valence-electron chi connectivity index (χ0n) is 15.1. The van der Waals surface area contributed by atoms with Crippen LogP contribution >= 0.6 is 12.4 Å². The number of aromatic nitrogens is 4. The lowest BCUT2D eigenvalue weighted by atomic mass is 9.90. The van der Waals surface area contributed by atoms with Gasteiger partial charge in [-0.1, -0.05) is 18.2 Å². The molecule has 0 spiro atoms. The summed E-state index contributed by atoms with van der Waals surface area (Å²) in [5, 5.41) is 15.1. The van der Waals surface area contributed by atoms with Crippen molar-refractivity contribution in [1.82, 2.24) is 30.2 Å². The van der Waals surface area contributed by atoms with Crippen LogP contribution in [0.2, 0.25) is 0 Å². The van der Waals surface area contributed by atoms with Crippen molar-refractivity contribution in [2.75, 3.05) is 13.1 Å². The van der Waals surface area contributed by atoms with Gasteiger partial charge in [-0.2, -0.15) is 10.2 Å². The Morgan fingerprint density at radius 3 is 2.81 bits per heavy atom. The number of hydrogen-bond acceptors (Lipinski definition) is 4. The molecule has 1 aliphatic rings. The van der Waals surface area contributed by atoms with Crippen LogP contribution < -0.4 is 10.6 Å². The Labute approximate surface area is 164 Å². The average molecular weight is 387 g/mol. The van der Waals surface area contributed by atoms with Gasteiger partial charge in [-0.25, -0.2) is 4.68 Å². The first-order valence-corrected chi connectivity index (χ1v) is 8.77. The molecule has 2 atom stereocenters. The lowest BCUT2D eigenvalue weighted by molar-refractivity contribution is -0.125. The van der Waals surface area contributed by atoms with Crippen LogP contribution in [0.15, 0.2) is 55.0 Å². The molecular weight excluding hydrogens is 364 g/mol. The van der Waals surface area contributed by atoms with E-state index in [0.717, 1.165) is 23.5 Å². The van der Waals surface area contributed by atoms with Crippen LogP contribution in [-0.2, 0) is 18.4 Å². The standard InChI is InChI=1S/C19H22N6O.ClH/c1-24-13-14(9-22-24)17-11-20-12-18(17)19(26)21-10-15-7-8-25(23-15)16-5-3-2-4-6-16;/h2-9,13,17-18,20H,10-12H2,1H3,(H,21,26);1H/t17-,18+;/m1./s1. The molecule has 2 aromatic heterocycles. The number of carbonyl (C=O) groups excluding carboxylic acids is 1. The van der Waals surface area contributed by atoms with E-state index in [0.29, 0.717) is 13.1 Å². The van der Waals surface area contributed by atoms with Gasteiger partial charge in [-0.3, -0.25) is 9.48 Å². The maximum atomic E-state index is 12.7. The summed E-state index contributed by atoms with van der Waals surface area (Å²) < 4.78 is 3.59. The molecule has 4 rings (SSSR count). The summed E-state index contributed by atoms with van der Waals surface area (Å²) in [6.07, 6.45) is 5.74. The minimum Gasteiger partial charge on any atom is -0.350 e. The van der Waals surface area contributed by atoms with E-state index >= 15 is 0 Å². The summed E-state index contributed by atoms with van der Waals surface area (Å²) in [6, 6.07) is 11.9. The maximum Gasteiger partial charge on any atom is 0.225 e. The largest absolute Gasteiger partial charge is 0.350 e. The van der Waals surface area contributed by atoms with Crippen molar-refractivity contribution in [3.05, 3.63) is 66.2 Å². The summed E-state index contributed by atoms with van der Waals surface area (Å²) in [5.74, 6) is 0.124. The van der Waals surface area contributed by atoms with E-state index in [2.05, 4.69) is 20.8 Å². The summed E-state index contributed by atoms with van der Waals surface area (Å²) >= 11 is 0. The minimum atomic E-state index is -0.0876. The topological polar surface area (TPSA) is 76.8 Å². The summed E-state index contributed by atoms with van der Waals surface area (Å²) in [5.41, 5.74) is 2.94. The van der Waals surface area contributed by atoms with Gasteiger partial charge in [0, 0.05) is 38.4 Å². The Kier molecular flexibility index (Phi) is 5.93. The number of rotatable bonds is 5. The molecule has 1 aromatic carbocycles. The highest BCUT2D eigenvalue weighted by atomic mass is 35.5. The molecule has 2 N–H and O–H groups in total. The van der Waals surface area contributed by atoms with Crippen LogP contribution in [0.4, 0.5) is 0 Å². The molecule has 0 unspecified atom stereocenters. The normalized spacial score (nSPS) is 18.9. The van der Waals surface area contributed by atoms with Gasteiger partial charge in [-0.15, -0.1) is 12.4 Å². The molecule has 1 amide bonds. The third kappa shape index (κ3) is 4.20. The van der Waals surface area contributed by atoms with Crippen molar-refractivity contribution in [1.29, 1.82) is 0 Å². The summed E-state index contributed by atoms with van der Waals surface area (Å²) in [7, 11) is 1.89. The Morgan fingerprint density at radius 1 is 1.26 bits per heavy atom. The number of aryl methyl sites for hydroxylation is 1. The predicted octanol–water partition coefficient (Wildman–Crippen LogP) is 1.65. The van der Waals surface area contributed by atoms with E-state index in [9.17, 15) is 4.79 Å². The fourth-order valence-corrected chi connectivity index (χ4v) is 3.43. The number of benzene rings is 1. The number of amides is 1. The van der Waals surface area contributed by atoms with E-state index in [-0.39, 0.29) is 30.2 Å². The zero-order valence-corrected chi connectivity index (χ0v) is 15.9. The fraction of sp³-hybridized carbons (Fsp3) is 0.316. The molecule has 7 nitrogen and oxygen atoms in total. The lowest BCUT2D eigenvalue weighted by Gasteiger charge is -2.16. The van der Waals surface area contributed by atoms with Crippen LogP contribution in [-0.4, -0.2) is 38.6 Å². The number of nitrogens with zero attached hydrogens (tertiary/aromatic N) is 4. The third-order valence-electron chi connectivity index (χ3n) is 4.81. The van der Waals surface area contributed by atoms with E-state index < -0.39 is 0 Å². The molecule has 27 heavy (non-hydrogen) atoms. The SMILES string of the molecule is Cl.Cn1cc([C@H]2CNC[C@@H]2C(=O)NCc2ccn(-c3ccccc3)n2)cn1. The second-order valence-corrected chi connectivity index (χ2v) is 6.62. The summed E-state index contributed by atoms with van der Waals surface area (Å²) in [4.78, 5) is 12.7. The van der Waals surface area contributed by atoms with Gasteiger partial charge >= 0.3 is 0 Å². The van der Waals surface area contributed by atoms with Crippen molar-refractivity contribution < 1.29 is 4.79 Å². The number of para-hydroxylation sites is 1. The van der Waals surface area contributed by atoms with Gasteiger partial charge in [0.05, 0.1) is 30.0 Å². The number of hydrogen-bond donors (Lipinski definition) is 2. The van der Waals surface area contributed by atoms with E-state index in [1.54, 1.807) is 4.68 Å². The first-order chi connectivity index (χ1) is 12.7. The number of halogens is 1. The second kappa shape index (κ2) is 8.37. The Bertz CT molecular complexity index is 891. The average Bonchev–Trinajstić information content (AvgIpc) is 3.40. The van der Waals surface area contributed by atoms with Gasteiger partial charge in [0.25, 0.3) is 0 Å². The molecular formula is C19H23ClN6O. The van der Waals surface area contributed by atoms with Gasteiger partial charge in [0.15, 0.2) is 0 Å². The Balaban J connectivity index is 0.00000210. The fourth-order valence-electron chi connectivity index (χ4n) is 3.43. The Morgan fingerprint density at radius 2 is 2.07 bits per heavy atom. The first-order valence-electron chi connectivity index (χ1n) is 8.77. The van der Waals surface area contributed by atoms with Crippen molar-refractivity contribution in [2.45, 2.75) is 12.5 Å². The van der Waals surface area contributed by atoms with Gasteiger partial charge < -0.3 is 10.6 Å². The molecule has 0 aliphatic carbocycles. The summed E-state index contributed by atoms with van der Waals surface area (Å²) in [6.45, 7) is 1.91. The molecule has 142 valence electrons. The monoisotopic (exact) mass is 386 g/mol.